The van der Waals surface area contributed by atoms with Crippen LogP contribution >= 0.6 is 11.3 Å². The monoisotopic (exact) mass is 226 g/mol. The lowest BCUT2D eigenvalue weighted by molar-refractivity contribution is 0.194. The van der Waals surface area contributed by atoms with Crippen LogP contribution < -0.4 is 5.73 Å². The van der Waals surface area contributed by atoms with Gasteiger partial charge in [0.15, 0.2) is 0 Å². The molecular weight excluding hydrogens is 208 g/mol. The van der Waals surface area contributed by atoms with Crippen LogP contribution in [-0.2, 0) is 11.2 Å². The molecule has 2 N–H and O–H groups in total. The number of rotatable bonds is 3. The zero-order chi connectivity index (χ0) is 10.9. The molecule has 2 rings (SSSR count). The van der Waals surface area contributed by atoms with Crippen molar-refractivity contribution in [2.24, 2.45) is 5.73 Å². The van der Waals surface area contributed by atoms with Gasteiger partial charge in [0.2, 0.25) is 0 Å². The zero-order valence-electron chi connectivity index (χ0n) is 9.32. The minimum atomic E-state index is -0.169. The molecule has 3 nitrogen and oxygen atoms in total. The average Bonchev–Trinajstić information content (AvgIpc) is 2.68. The number of hydrogen-bond donors (Lipinski definition) is 1. The molecular formula is C11H18N2OS. The minimum absolute atomic E-state index is 0.169. The molecule has 1 aromatic rings. The highest BCUT2D eigenvalue weighted by Crippen LogP contribution is 2.28. The van der Waals surface area contributed by atoms with Gasteiger partial charge in [-0.25, -0.2) is 4.98 Å². The molecule has 0 saturated carbocycles. The summed E-state index contributed by atoms with van der Waals surface area (Å²) in [7, 11) is 0. The average molecular weight is 226 g/mol. The van der Waals surface area contributed by atoms with E-state index in [0.717, 1.165) is 31.7 Å². The van der Waals surface area contributed by atoms with Crippen LogP contribution in [-0.4, -0.2) is 23.7 Å². The van der Waals surface area contributed by atoms with Crippen molar-refractivity contribution >= 4 is 11.3 Å². The van der Waals surface area contributed by atoms with E-state index in [4.69, 9.17) is 10.5 Å². The van der Waals surface area contributed by atoms with Crippen molar-refractivity contribution in [3.8, 4) is 0 Å². The number of aromatic nitrogens is 1. The Morgan fingerprint density at radius 2 is 2.47 bits per heavy atom. The third-order valence-corrected chi connectivity index (χ3v) is 3.54. The molecule has 15 heavy (non-hydrogen) atoms. The smallest absolute Gasteiger partial charge is 0.0983 e. The molecule has 0 amide bonds. The molecule has 0 aromatic carbocycles. The first kappa shape index (κ1) is 11.0. The quantitative estimate of drug-likeness (QED) is 0.856. The molecule has 1 aromatic heterocycles. The molecule has 0 radical (unpaired) electrons. The van der Waals surface area contributed by atoms with E-state index in [2.05, 4.69) is 10.4 Å². The highest BCUT2D eigenvalue weighted by molar-refractivity contribution is 7.09. The second kappa shape index (κ2) is 4.20. The fraction of sp³-hybridized carbons (Fsp3) is 0.727. The SMILES string of the molecule is CC(C)(N)Cc1csc(C2CCOC2)n1. The van der Waals surface area contributed by atoms with Crippen LogP contribution in [0.25, 0.3) is 0 Å². The van der Waals surface area contributed by atoms with Crippen LogP contribution in [0.5, 0.6) is 0 Å². The van der Waals surface area contributed by atoms with E-state index in [1.807, 2.05) is 13.8 Å². The van der Waals surface area contributed by atoms with Gasteiger partial charge in [-0.1, -0.05) is 0 Å². The molecule has 1 unspecified atom stereocenters. The van der Waals surface area contributed by atoms with Crippen LogP contribution in [0, 0.1) is 0 Å². The van der Waals surface area contributed by atoms with Crippen LogP contribution in [0.15, 0.2) is 5.38 Å². The summed E-state index contributed by atoms with van der Waals surface area (Å²) in [6, 6.07) is 0. The molecule has 84 valence electrons. The molecule has 1 aliphatic heterocycles. The summed E-state index contributed by atoms with van der Waals surface area (Å²) >= 11 is 1.74. The standard InChI is InChI=1S/C11H18N2OS/c1-11(2,12)5-9-7-15-10(13-9)8-3-4-14-6-8/h7-8H,3-6,12H2,1-2H3. The van der Waals surface area contributed by atoms with Crippen molar-refractivity contribution < 1.29 is 4.74 Å². The first-order valence-corrected chi connectivity index (χ1v) is 6.23. The number of hydrogen-bond acceptors (Lipinski definition) is 4. The summed E-state index contributed by atoms with van der Waals surface area (Å²) in [6.07, 6.45) is 1.95. The van der Waals surface area contributed by atoms with Gasteiger partial charge in [0.05, 0.1) is 17.3 Å². The van der Waals surface area contributed by atoms with Gasteiger partial charge in [-0.2, -0.15) is 0 Å². The van der Waals surface area contributed by atoms with Crippen LogP contribution in [0.4, 0.5) is 0 Å². The normalized spacial score (nSPS) is 22.2. The molecule has 0 bridgehead atoms. The van der Waals surface area contributed by atoms with E-state index in [1.54, 1.807) is 11.3 Å². The second-order valence-electron chi connectivity index (χ2n) is 4.90. The molecule has 2 heterocycles. The highest BCUT2D eigenvalue weighted by atomic mass is 32.1. The van der Waals surface area contributed by atoms with Crippen molar-refractivity contribution in [2.45, 2.75) is 38.1 Å². The van der Waals surface area contributed by atoms with Crippen molar-refractivity contribution in [3.05, 3.63) is 16.1 Å². The Kier molecular flexibility index (Phi) is 3.09. The van der Waals surface area contributed by atoms with E-state index < -0.39 is 0 Å². The van der Waals surface area contributed by atoms with Gasteiger partial charge in [0.25, 0.3) is 0 Å². The number of thiazole rings is 1. The summed E-state index contributed by atoms with van der Waals surface area (Å²) < 4.78 is 5.36. The number of nitrogens with zero attached hydrogens (tertiary/aromatic N) is 1. The van der Waals surface area contributed by atoms with Crippen molar-refractivity contribution in [3.63, 3.8) is 0 Å². The van der Waals surface area contributed by atoms with Crippen molar-refractivity contribution in [1.82, 2.24) is 4.98 Å². The van der Waals surface area contributed by atoms with Gasteiger partial charge in [-0.15, -0.1) is 11.3 Å². The maximum atomic E-state index is 5.97. The number of ether oxygens (including phenoxy) is 1. The maximum absolute atomic E-state index is 5.97. The van der Waals surface area contributed by atoms with E-state index in [0.29, 0.717) is 5.92 Å². The zero-order valence-corrected chi connectivity index (χ0v) is 10.1. The van der Waals surface area contributed by atoms with Gasteiger partial charge in [-0.05, 0) is 20.3 Å². The third kappa shape index (κ3) is 3.00. The molecule has 1 atom stereocenters. The van der Waals surface area contributed by atoms with Crippen LogP contribution in [0.3, 0.4) is 0 Å². The van der Waals surface area contributed by atoms with Gasteiger partial charge in [0, 0.05) is 29.9 Å². The Hall–Kier alpha value is -0.450. The Balaban J connectivity index is 2.03. The van der Waals surface area contributed by atoms with Gasteiger partial charge in [-0.3, -0.25) is 0 Å². The van der Waals surface area contributed by atoms with E-state index in [-0.39, 0.29) is 5.54 Å². The van der Waals surface area contributed by atoms with Gasteiger partial charge >= 0.3 is 0 Å². The maximum Gasteiger partial charge on any atom is 0.0983 e. The molecule has 1 fully saturated rings. The number of nitrogens with two attached hydrogens (primary N) is 1. The summed E-state index contributed by atoms with van der Waals surface area (Å²) in [5.41, 5.74) is 6.92. The Morgan fingerprint density at radius 3 is 3.07 bits per heavy atom. The lowest BCUT2D eigenvalue weighted by Gasteiger charge is -2.16. The summed E-state index contributed by atoms with van der Waals surface area (Å²) in [4.78, 5) is 4.64. The fourth-order valence-corrected chi connectivity index (χ4v) is 2.73. The lowest BCUT2D eigenvalue weighted by Crippen LogP contribution is -2.34. The predicted octanol–water partition coefficient (Wildman–Crippen LogP) is 1.93. The topological polar surface area (TPSA) is 48.1 Å². The van der Waals surface area contributed by atoms with Crippen LogP contribution in [0.1, 0.15) is 36.9 Å². The molecule has 4 heteroatoms. The largest absolute Gasteiger partial charge is 0.381 e. The first-order chi connectivity index (χ1) is 7.04. The van der Waals surface area contributed by atoms with Gasteiger partial charge < -0.3 is 10.5 Å². The molecule has 1 aliphatic rings. The van der Waals surface area contributed by atoms with Crippen LogP contribution in [0.2, 0.25) is 0 Å². The molecule has 0 spiro atoms. The van der Waals surface area contributed by atoms with E-state index >= 15 is 0 Å². The fourth-order valence-electron chi connectivity index (χ4n) is 1.79. The van der Waals surface area contributed by atoms with E-state index in [1.165, 1.54) is 5.01 Å². The molecule has 0 aliphatic carbocycles. The van der Waals surface area contributed by atoms with Crippen molar-refractivity contribution in [2.75, 3.05) is 13.2 Å². The summed E-state index contributed by atoms with van der Waals surface area (Å²) in [5, 5.41) is 3.34. The van der Waals surface area contributed by atoms with Gasteiger partial charge in [0.1, 0.15) is 0 Å². The summed E-state index contributed by atoms with van der Waals surface area (Å²) in [6.45, 7) is 5.77. The lowest BCUT2D eigenvalue weighted by atomic mass is 10.0. The predicted molar refractivity (Wildman–Crippen MR) is 62.3 cm³/mol. The Bertz CT molecular complexity index is 324. The third-order valence-electron chi connectivity index (χ3n) is 2.49. The minimum Gasteiger partial charge on any atom is -0.381 e. The van der Waals surface area contributed by atoms with E-state index in [9.17, 15) is 0 Å². The Morgan fingerprint density at radius 1 is 1.67 bits per heavy atom. The molecule has 1 saturated heterocycles. The highest BCUT2D eigenvalue weighted by Gasteiger charge is 2.22. The second-order valence-corrected chi connectivity index (χ2v) is 5.79. The summed E-state index contributed by atoms with van der Waals surface area (Å²) in [5.74, 6) is 0.518. The first-order valence-electron chi connectivity index (χ1n) is 5.35. The Labute approximate surface area is 94.7 Å². The van der Waals surface area contributed by atoms with Crippen molar-refractivity contribution in [1.29, 1.82) is 0 Å².